The average Bonchev–Trinajstić information content (AvgIpc) is 2.73. The van der Waals surface area contributed by atoms with Gasteiger partial charge in [-0.05, 0) is 55.7 Å². The number of hydrogen-bond acceptors (Lipinski definition) is 5. The standard InChI is InChI=1S/C22H25N5O/c1-4-27(19-7-5-6-17(2)14-19)22(28)20-15-21(25-16-24-20)26(3)13-10-18-8-11-23-12-9-18/h5-9,11-12,14-16H,4,10,13H2,1-3H3. The molecule has 144 valence electrons. The summed E-state index contributed by atoms with van der Waals surface area (Å²) < 4.78 is 0. The summed E-state index contributed by atoms with van der Waals surface area (Å²) in [5.74, 6) is 0.604. The highest BCUT2D eigenvalue weighted by Gasteiger charge is 2.19. The minimum absolute atomic E-state index is 0.126. The summed E-state index contributed by atoms with van der Waals surface area (Å²) in [5.41, 5.74) is 3.59. The third-order valence-electron chi connectivity index (χ3n) is 4.62. The van der Waals surface area contributed by atoms with Crippen molar-refractivity contribution >= 4 is 17.4 Å². The Labute approximate surface area is 165 Å². The van der Waals surface area contributed by atoms with Crippen molar-refractivity contribution in [1.29, 1.82) is 0 Å². The molecule has 1 aromatic carbocycles. The highest BCUT2D eigenvalue weighted by atomic mass is 16.2. The molecule has 0 fully saturated rings. The van der Waals surface area contributed by atoms with Gasteiger partial charge < -0.3 is 9.80 Å². The molecule has 0 atom stereocenters. The number of amides is 1. The number of aromatic nitrogens is 3. The van der Waals surface area contributed by atoms with Gasteiger partial charge in [-0.3, -0.25) is 9.78 Å². The number of carbonyl (C=O) groups excluding carboxylic acids is 1. The van der Waals surface area contributed by atoms with E-state index in [1.165, 1.54) is 11.9 Å². The molecule has 2 aromatic heterocycles. The van der Waals surface area contributed by atoms with Crippen LogP contribution in [-0.2, 0) is 6.42 Å². The second-order valence-corrected chi connectivity index (χ2v) is 6.68. The highest BCUT2D eigenvalue weighted by molar-refractivity contribution is 6.05. The number of likely N-dealkylation sites (N-methyl/N-ethyl adjacent to an activating group) is 1. The minimum Gasteiger partial charge on any atom is -0.359 e. The van der Waals surface area contributed by atoms with Gasteiger partial charge in [0.05, 0.1) is 0 Å². The predicted octanol–water partition coefficient (Wildman–Crippen LogP) is 3.53. The number of nitrogens with zero attached hydrogens (tertiary/aromatic N) is 5. The molecule has 0 unspecified atom stereocenters. The van der Waals surface area contributed by atoms with E-state index in [4.69, 9.17) is 0 Å². The smallest absolute Gasteiger partial charge is 0.277 e. The zero-order valence-corrected chi connectivity index (χ0v) is 16.5. The fraction of sp³-hybridized carbons (Fsp3) is 0.273. The highest BCUT2D eigenvalue weighted by Crippen LogP contribution is 2.19. The van der Waals surface area contributed by atoms with Crippen molar-refractivity contribution in [2.45, 2.75) is 20.3 Å². The molecule has 0 aliphatic carbocycles. The Morgan fingerprint density at radius 2 is 1.86 bits per heavy atom. The molecule has 6 heteroatoms. The van der Waals surface area contributed by atoms with Gasteiger partial charge in [-0.1, -0.05) is 12.1 Å². The van der Waals surface area contributed by atoms with E-state index >= 15 is 0 Å². The second-order valence-electron chi connectivity index (χ2n) is 6.68. The Kier molecular flexibility index (Phi) is 6.32. The molecule has 0 N–H and O–H groups in total. The van der Waals surface area contributed by atoms with Crippen molar-refractivity contribution < 1.29 is 4.79 Å². The number of anilines is 2. The molecule has 3 aromatic rings. The largest absolute Gasteiger partial charge is 0.359 e. The van der Waals surface area contributed by atoms with Crippen molar-refractivity contribution in [3.05, 3.63) is 78.0 Å². The fourth-order valence-corrected chi connectivity index (χ4v) is 3.01. The van der Waals surface area contributed by atoms with E-state index in [0.29, 0.717) is 12.2 Å². The summed E-state index contributed by atoms with van der Waals surface area (Å²) >= 11 is 0. The lowest BCUT2D eigenvalue weighted by Gasteiger charge is -2.22. The maximum Gasteiger partial charge on any atom is 0.277 e. The number of rotatable bonds is 7. The molecule has 6 nitrogen and oxygen atoms in total. The summed E-state index contributed by atoms with van der Waals surface area (Å²) in [4.78, 5) is 29.4. The number of hydrogen-bond donors (Lipinski definition) is 0. The van der Waals surface area contributed by atoms with Gasteiger partial charge in [0, 0.05) is 44.3 Å². The van der Waals surface area contributed by atoms with Gasteiger partial charge in [0.2, 0.25) is 0 Å². The molecule has 0 radical (unpaired) electrons. The summed E-state index contributed by atoms with van der Waals surface area (Å²) in [6, 6.07) is 13.7. The molecule has 1 amide bonds. The summed E-state index contributed by atoms with van der Waals surface area (Å²) in [7, 11) is 1.97. The van der Waals surface area contributed by atoms with E-state index < -0.39 is 0 Å². The van der Waals surface area contributed by atoms with E-state index in [1.807, 2.05) is 62.2 Å². The van der Waals surface area contributed by atoms with Crippen LogP contribution in [0.2, 0.25) is 0 Å². The summed E-state index contributed by atoms with van der Waals surface area (Å²) in [6.07, 6.45) is 5.91. The molecule has 0 saturated heterocycles. The molecular formula is C22H25N5O. The van der Waals surface area contributed by atoms with Crippen LogP contribution in [-0.4, -0.2) is 41.0 Å². The molecule has 0 spiro atoms. The van der Waals surface area contributed by atoms with Gasteiger partial charge in [0.1, 0.15) is 17.8 Å². The van der Waals surface area contributed by atoms with E-state index in [9.17, 15) is 4.79 Å². The van der Waals surface area contributed by atoms with Crippen LogP contribution in [0.15, 0.2) is 61.2 Å². The second kappa shape index (κ2) is 9.08. The molecular weight excluding hydrogens is 350 g/mol. The van der Waals surface area contributed by atoms with Crippen LogP contribution < -0.4 is 9.80 Å². The molecule has 0 bridgehead atoms. The average molecular weight is 375 g/mol. The Morgan fingerprint density at radius 3 is 2.57 bits per heavy atom. The number of aryl methyl sites for hydroxylation is 1. The lowest BCUT2D eigenvalue weighted by Crippen LogP contribution is -2.32. The van der Waals surface area contributed by atoms with E-state index in [-0.39, 0.29) is 5.91 Å². The zero-order valence-electron chi connectivity index (χ0n) is 16.5. The molecule has 28 heavy (non-hydrogen) atoms. The van der Waals surface area contributed by atoms with Crippen molar-refractivity contribution in [1.82, 2.24) is 15.0 Å². The molecule has 0 aliphatic rings. The normalized spacial score (nSPS) is 10.5. The van der Waals surface area contributed by atoms with Gasteiger partial charge >= 0.3 is 0 Å². The lowest BCUT2D eigenvalue weighted by atomic mass is 10.2. The van der Waals surface area contributed by atoms with Gasteiger partial charge in [0.15, 0.2) is 0 Å². The maximum atomic E-state index is 13.1. The SMILES string of the molecule is CCN(C(=O)c1cc(N(C)CCc2ccncc2)ncn1)c1cccc(C)c1. The van der Waals surface area contributed by atoms with Crippen LogP contribution in [0.1, 0.15) is 28.5 Å². The van der Waals surface area contributed by atoms with Crippen LogP contribution in [0.5, 0.6) is 0 Å². The third kappa shape index (κ3) is 4.71. The monoisotopic (exact) mass is 375 g/mol. The number of carbonyl (C=O) groups is 1. The van der Waals surface area contributed by atoms with Gasteiger partial charge in [0.25, 0.3) is 5.91 Å². The Balaban J connectivity index is 1.75. The first kappa shape index (κ1) is 19.5. The van der Waals surface area contributed by atoms with E-state index in [0.717, 1.165) is 30.0 Å². The van der Waals surface area contributed by atoms with Crippen molar-refractivity contribution in [3.8, 4) is 0 Å². The van der Waals surface area contributed by atoms with Gasteiger partial charge in [-0.2, -0.15) is 0 Å². The number of pyridine rings is 1. The fourth-order valence-electron chi connectivity index (χ4n) is 3.01. The lowest BCUT2D eigenvalue weighted by molar-refractivity contribution is 0.0983. The van der Waals surface area contributed by atoms with Crippen LogP contribution in [0.4, 0.5) is 11.5 Å². The van der Waals surface area contributed by atoms with Crippen molar-refractivity contribution in [2.24, 2.45) is 0 Å². The molecule has 0 aliphatic heterocycles. The predicted molar refractivity (Wildman–Crippen MR) is 112 cm³/mol. The Bertz CT molecular complexity index is 929. The van der Waals surface area contributed by atoms with Crippen LogP contribution >= 0.6 is 0 Å². The van der Waals surface area contributed by atoms with Crippen molar-refractivity contribution in [2.75, 3.05) is 29.9 Å². The molecule has 2 heterocycles. The summed E-state index contributed by atoms with van der Waals surface area (Å²) in [6.45, 7) is 5.33. The Morgan fingerprint density at radius 1 is 1.07 bits per heavy atom. The Hall–Kier alpha value is -3.28. The van der Waals surface area contributed by atoms with Crippen LogP contribution in [0.3, 0.4) is 0 Å². The quantitative estimate of drug-likeness (QED) is 0.632. The number of benzene rings is 1. The maximum absolute atomic E-state index is 13.1. The third-order valence-corrected chi connectivity index (χ3v) is 4.62. The van der Waals surface area contributed by atoms with E-state index in [2.05, 4.69) is 15.0 Å². The topological polar surface area (TPSA) is 62.2 Å². The van der Waals surface area contributed by atoms with Gasteiger partial charge in [-0.25, -0.2) is 9.97 Å². The first-order valence-corrected chi connectivity index (χ1v) is 9.39. The first-order valence-electron chi connectivity index (χ1n) is 9.39. The summed E-state index contributed by atoms with van der Waals surface area (Å²) in [5, 5.41) is 0. The van der Waals surface area contributed by atoms with Gasteiger partial charge in [-0.15, -0.1) is 0 Å². The zero-order chi connectivity index (χ0) is 19.9. The molecule has 0 saturated carbocycles. The molecule has 3 rings (SSSR count). The van der Waals surface area contributed by atoms with Crippen LogP contribution in [0.25, 0.3) is 0 Å². The first-order chi connectivity index (χ1) is 13.6. The van der Waals surface area contributed by atoms with E-state index in [1.54, 1.807) is 23.4 Å². The van der Waals surface area contributed by atoms with Crippen LogP contribution in [0, 0.1) is 6.92 Å². The van der Waals surface area contributed by atoms with Crippen molar-refractivity contribution in [3.63, 3.8) is 0 Å². The minimum atomic E-state index is -0.126.